The maximum atomic E-state index is 12.1. The molecule has 0 amide bonds. The Labute approximate surface area is 163 Å². The number of benzene rings is 1. The fourth-order valence-corrected chi connectivity index (χ4v) is 4.08. The zero-order chi connectivity index (χ0) is 19.6. The molecule has 2 heterocycles. The van der Waals surface area contributed by atoms with E-state index in [1.165, 1.54) is 41.9 Å². The van der Waals surface area contributed by atoms with Crippen molar-refractivity contribution >= 4 is 21.8 Å². The van der Waals surface area contributed by atoms with Crippen molar-refractivity contribution in [3.63, 3.8) is 0 Å². The van der Waals surface area contributed by atoms with Gasteiger partial charge in [-0.15, -0.1) is 0 Å². The second-order valence-corrected chi connectivity index (χ2v) is 9.52. The number of thioether (sulfide) groups is 1. The molecular weight excluding hydrogens is 382 g/mol. The number of hydrogen-bond acceptors (Lipinski definition) is 6. The van der Waals surface area contributed by atoms with Crippen molar-refractivity contribution in [2.45, 2.75) is 29.5 Å². The van der Waals surface area contributed by atoms with Crippen LogP contribution in [-0.2, 0) is 15.8 Å². The zero-order valence-electron chi connectivity index (χ0n) is 15.6. The molecule has 0 spiro atoms. The first kappa shape index (κ1) is 19.6. The minimum atomic E-state index is -3.46. The lowest BCUT2D eigenvalue weighted by Crippen LogP contribution is -2.22. The van der Waals surface area contributed by atoms with Gasteiger partial charge in [0.15, 0.2) is 0 Å². The summed E-state index contributed by atoms with van der Waals surface area (Å²) >= 11 is 1.47. The van der Waals surface area contributed by atoms with E-state index in [0.717, 1.165) is 21.8 Å². The first-order valence-corrected chi connectivity index (χ1v) is 10.7. The summed E-state index contributed by atoms with van der Waals surface area (Å²) in [5, 5.41) is 0.726. The molecule has 142 valence electrons. The van der Waals surface area contributed by atoms with E-state index in [9.17, 15) is 8.42 Å². The molecule has 3 aromatic rings. The third-order valence-corrected chi connectivity index (χ3v) is 6.80. The van der Waals surface area contributed by atoms with E-state index < -0.39 is 10.0 Å². The van der Waals surface area contributed by atoms with Crippen molar-refractivity contribution in [2.75, 3.05) is 14.1 Å². The first-order valence-electron chi connectivity index (χ1n) is 8.31. The van der Waals surface area contributed by atoms with Crippen molar-refractivity contribution in [1.29, 1.82) is 0 Å². The largest absolute Gasteiger partial charge is 0.444 e. The van der Waals surface area contributed by atoms with Crippen LogP contribution in [0.1, 0.15) is 16.8 Å². The molecule has 0 bridgehead atoms. The van der Waals surface area contributed by atoms with Crippen LogP contribution in [0.2, 0.25) is 0 Å². The van der Waals surface area contributed by atoms with Crippen LogP contribution in [-0.4, -0.2) is 36.8 Å². The van der Waals surface area contributed by atoms with Crippen molar-refractivity contribution in [1.82, 2.24) is 14.3 Å². The van der Waals surface area contributed by atoms with Crippen molar-refractivity contribution < 1.29 is 12.8 Å². The van der Waals surface area contributed by atoms with Crippen molar-refractivity contribution in [3.8, 4) is 11.5 Å². The van der Waals surface area contributed by atoms with Crippen LogP contribution < -0.4 is 0 Å². The highest BCUT2D eigenvalue weighted by atomic mass is 32.2. The van der Waals surface area contributed by atoms with Crippen LogP contribution in [0.4, 0.5) is 0 Å². The minimum absolute atomic E-state index is 0.176. The molecule has 0 fully saturated rings. The quantitative estimate of drug-likeness (QED) is 0.581. The van der Waals surface area contributed by atoms with E-state index in [2.05, 4.69) is 23.0 Å². The van der Waals surface area contributed by atoms with Gasteiger partial charge in [0, 0.05) is 31.6 Å². The third-order valence-electron chi connectivity index (χ3n) is 4.02. The topological polar surface area (TPSA) is 76.3 Å². The van der Waals surface area contributed by atoms with Crippen LogP contribution in [0.25, 0.3) is 11.5 Å². The monoisotopic (exact) mass is 403 g/mol. The molecule has 3 rings (SSSR count). The van der Waals surface area contributed by atoms with Gasteiger partial charge in [0.25, 0.3) is 0 Å². The summed E-state index contributed by atoms with van der Waals surface area (Å²) in [7, 11) is -0.469. The summed E-state index contributed by atoms with van der Waals surface area (Å²) in [5.41, 5.74) is 4.11. The summed E-state index contributed by atoms with van der Waals surface area (Å²) in [5.74, 6) is 1.18. The Morgan fingerprint density at radius 2 is 1.93 bits per heavy atom. The zero-order valence-corrected chi connectivity index (χ0v) is 17.3. The average Bonchev–Trinajstić information content (AvgIpc) is 3.09. The SMILES string of the molecule is Cc1ccc(-c2nc(CSc3ccc(S(=O)(=O)N(C)C)cn3)co2)c(C)c1. The Morgan fingerprint density at radius 3 is 2.56 bits per heavy atom. The number of oxazole rings is 1. The predicted octanol–water partition coefficient (Wildman–Crippen LogP) is 3.90. The van der Waals surface area contributed by atoms with Crippen molar-refractivity contribution in [2.24, 2.45) is 0 Å². The molecule has 27 heavy (non-hydrogen) atoms. The first-order chi connectivity index (χ1) is 12.8. The molecule has 8 heteroatoms. The smallest absolute Gasteiger partial charge is 0.244 e. The third kappa shape index (κ3) is 4.40. The van der Waals surface area contributed by atoms with Gasteiger partial charge in [-0.1, -0.05) is 29.5 Å². The molecule has 0 aliphatic carbocycles. The Balaban J connectivity index is 1.68. The molecular formula is C19H21N3O3S2. The highest BCUT2D eigenvalue weighted by Crippen LogP contribution is 2.27. The lowest BCUT2D eigenvalue weighted by molar-refractivity contribution is 0.520. The van der Waals surface area contributed by atoms with Crippen molar-refractivity contribution in [3.05, 3.63) is 59.6 Å². The number of hydrogen-bond donors (Lipinski definition) is 0. The molecule has 0 unspecified atom stereocenters. The molecule has 2 aromatic heterocycles. The van der Waals surface area contributed by atoms with Gasteiger partial charge in [0.1, 0.15) is 11.2 Å². The van der Waals surface area contributed by atoms with Crippen LogP contribution in [0, 0.1) is 13.8 Å². The van der Waals surface area contributed by atoms with Gasteiger partial charge in [-0.3, -0.25) is 0 Å². The van der Waals surface area contributed by atoms with E-state index in [0.29, 0.717) is 11.6 Å². The standard InChI is InChI=1S/C19H21N3O3S2/c1-13-5-7-17(14(2)9-13)19-21-15(11-25-19)12-26-18-8-6-16(10-20-18)27(23,24)22(3)4/h5-11H,12H2,1-4H3. The second kappa shape index (κ2) is 7.84. The van der Waals surface area contributed by atoms with E-state index in [1.54, 1.807) is 18.4 Å². The van der Waals surface area contributed by atoms with Crippen LogP contribution in [0.15, 0.2) is 57.1 Å². The Hall–Kier alpha value is -2.16. The number of nitrogens with zero attached hydrogens (tertiary/aromatic N) is 3. The van der Waals surface area contributed by atoms with E-state index >= 15 is 0 Å². The molecule has 0 aliphatic rings. The maximum absolute atomic E-state index is 12.1. The lowest BCUT2D eigenvalue weighted by atomic mass is 10.1. The van der Waals surface area contributed by atoms with Gasteiger partial charge in [0.2, 0.25) is 15.9 Å². The summed E-state index contributed by atoms with van der Waals surface area (Å²) in [6, 6.07) is 9.41. The van der Waals surface area contributed by atoms with Gasteiger partial charge in [0.05, 0.1) is 10.7 Å². The van der Waals surface area contributed by atoms with Crippen LogP contribution in [0.3, 0.4) is 0 Å². The van der Waals surface area contributed by atoms with Gasteiger partial charge in [-0.2, -0.15) is 0 Å². The van der Waals surface area contributed by atoms with Gasteiger partial charge >= 0.3 is 0 Å². The molecule has 0 saturated carbocycles. The maximum Gasteiger partial charge on any atom is 0.244 e. The fourth-order valence-electron chi connectivity index (χ4n) is 2.51. The summed E-state index contributed by atoms with van der Waals surface area (Å²) in [4.78, 5) is 8.95. The molecule has 0 atom stereocenters. The van der Waals surface area contributed by atoms with Crippen LogP contribution in [0.5, 0.6) is 0 Å². The van der Waals surface area contributed by atoms with E-state index in [-0.39, 0.29) is 4.90 Å². The Morgan fingerprint density at radius 1 is 1.15 bits per heavy atom. The summed E-state index contributed by atoms with van der Waals surface area (Å²) in [6.07, 6.45) is 3.02. The van der Waals surface area contributed by atoms with Gasteiger partial charge in [-0.05, 0) is 37.6 Å². The number of aromatic nitrogens is 2. The van der Waals surface area contributed by atoms with Gasteiger partial charge < -0.3 is 4.42 Å². The highest BCUT2D eigenvalue weighted by molar-refractivity contribution is 7.98. The molecule has 0 radical (unpaired) electrons. The Bertz CT molecular complexity index is 1040. The Kier molecular flexibility index (Phi) is 5.69. The predicted molar refractivity (Wildman–Crippen MR) is 106 cm³/mol. The minimum Gasteiger partial charge on any atom is -0.444 e. The van der Waals surface area contributed by atoms with E-state index in [1.807, 2.05) is 19.1 Å². The van der Waals surface area contributed by atoms with Crippen LogP contribution >= 0.6 is 11.8 Å². The molecule has 0 N–H and O–H groups in total. The fraction of sp³-hybridized carbons (Fsp3) is 0.263. The lowest BCUT2D eigenvalue weighted by Gasteiger charge is -2.10. The molecule has 0 aliphatic heterocycles. The average molecular weight is 404 g/mol. The number of rotatable bonds is 6. The summed E-state index contributed by atoms with van der Waals surface area (Å²) in [6.45, 7) is 4.09. The number of sulfonamides is 1. The second-order valence-electron chi connectivity index (χ2n) is 6.37. The normalized spacial score (nSPS) is 11.9. The highest BCUT2D eigenvalue weighted by Gasteiger charge is 2.17. The molecule has 1 aromatic carbocycles. The van der Waals surface area contributed by atoms with E-state index in [4.69, 9.17) is 4.42 Å². The van der Waals surface area contributed by atoms with Gasteiger partial charge in [-0.25, -0.2) is 22.7 Å². The summed E-state index contributed by atoms with van der Waals surface area (Å²) < 4.78 is 30.9. The molecule has 6 nitrogen and oxygen atoms in total. The number of aryl methyl sites for hydroxylation is 2. The molecule has 0 saturated heterocycles. The number of pyridine rings is 1.